The molecule has 0 bridgehead atoms. The predicted octanol–water partition coefficient (Wildman–Crippen LogP) is 3.18. The molecule has 0 saturated carbocycles. The molecule has 88 valence electrons. The lowest BCUT2D eigenvalue weighted by atomic mass is 10.1. The van der Waals surface area contributed by atoms with Crippen molar-refractivity contribution in [1.29, 1.82) is 0 Å². The standard InChI is InChI=1S/C14H15NO2/c1-2-17-14(16)9-5-6-11-10-15-13-8-4-3-7-12(11)13/h2-4,7-8,10,15H,1,5-6,9H2. The molecule has 0 radical (unpaired) electrons. The molecular formula is C14H15NO2. The Morgan fingerprint density at radius 3 is 3.06 bits per heavy atom. The van der Waals surface area contributed by atoms with Crippen LogP contribution in [0.25, 0.3) is 10.9 Å². The van der Waals surface area contributed by atoms with Crippen LogP contribution in [0, 0.1) is 0 Å². The SMILES string of the molecule is C=COC(=O)CCCc1c[nH]c2ccccc12. The number of hydrogen-bond acceptors (Lipinski definition) is 2. The second-order valence-electron chi connectivity index (χ2n) is 3.87. The number of esters is 1. The zero-order valence-corrected chi connectivity index (χ0v) is 9.61. The van der Waals surface area contributed by atoms with Gasteiger partial charge in [-0.05, 0) is 24.5 Å². The van der Waals surface area contributed by atoms with Gasteiger partial charge in [0.05, 0.1) is 6.26 Å². The van der Waals surface area contributed by atoms with Crippen LogP contribution in [-0.4, -0.2) is 11.0 Å². The van der Waals surface area contributed by atoms with Crippen LogP contribution in [0.3, 0.4) is 0 Å². The van der Waals surface area contributed by atoms with Gasteiger partial charge >= 0.3 is 5.97 Å². The number of para-hydroxylation sites is 1. The molecule has 2 rings (SSSR count). The lowest BCUT2D eigenvalue weighted by Gasteiger charge is -1.99. The molecule has 1 aromatic carbocycles. The fourth-order valence-electron chi connectivity index (χ4n) is 1.91. The fourth-order valence-corrected chi connectivity index (χ4v) is 1.91. The number of benzene rings is 1. The molecule has 0 atom stereocenters. The van der Waals surface area contributed by atoms with Crippen LogP contribution in [0.1, 0.15) is 18.4 Å². The van der Waals surface area contributed by atoms with Crippen LogP contribution in [0.4, 0.5) is 0 Å². The predicted molar refractivity (Wildman–Crippen MR) is 67.5 cm³/mol. The Balaban J connectivity index is 1.95. The highest BCUT2D eigenvalue weighted by Gasteiger charge is 2.05. The van der Waals surface area contributed by atoms with Crippen molar-refractivity contribution in [3.8, 4) is 0 Å². The summed E-state index contributed by atoms with van der Waals surface area (Å²) in [6.07, 6.45) is 5.26. The van der Waals surface area contributed by atoms with Crippen molar-refractivity contribution in [1.82, 2.24) is 4.98 Å². The third kappa shape index (κ3) is 2.75. The van der Waals surface area contributed by atoms with Crippen LogP contribution in [0.5, 0.6) is 0 Å². The summed E-state index contributed by atoms with van der Waals surface area (Å²) >= 11 is 0. The summed E-state index contributed by atoms with van der Waals surface area (Å²) in [7, 11) is 0. The number of ether oxygens (including phenoxy) is 1. The largest absolute Gasteiger partial charge is 0.435 e. The van der Waals surface area contributed by atoms with Crippen molar-refractivity contribution in [2.24, 2.45) is 0 Å². The number of hydrogen-bond donors (Lipinski definition) is 1. The molecule has 2 aromatic rings. The maximum atomic E-state index is 11.1. The minimum atomic E-state index is -0.222. The second-order valence-corrected chi connectivity index (χ2v) is 3.87. The van der Waals surface area contributed by atoms with Gasteiger partial charge in [-0.3, -0.25) is 4.79 Å². The molecule has 0 aliphatic rings. The summed E-state index contributed by atoms with van der Waals surface area (Å²) in [5.41, 5.74) is 2.38. The van der Waals surface area contributed by atoms with Crippen molar-refractivity contribution < 1.29 is 9.53 Å². The highest BCUT2D eigenvalue weighted by molar-refractivity contribution is 5.83. The van der Waals surface area contributed by atoms with Gasteiger partial charge in [-0.1, -0.05) is 24.8 Å². The Morgan fingerprint density at radius 2 is 2.24 bits per heavy atom. The lowest BCUT2D eigenvalue weighted by Crippen LogP contribution is -1.99. The number of carbonyl (C=O) groups excluding carboxylic acids is 1. The van der Waals surface area contributed by atoms with E-state index >= 15 is 0 Å². The van der Waals surface area contributed by atoms with E-state index in [2.05, 4.69) is 22.4 Å². The van der Waals surface area contributed by atoms with Gasteiger partial charge in [0.2, 0.25) is 0 Å². The van der Waals surface area contributed by atoms with Crippen molar-refractivity contribution in [3.63, 3.8) is 0 Å². The molecule has 1 aromatic heterocycles. The first-order valence-corrected chi connectivity index (χ1v) is 5.66. The smallest absolute Gasteiger partial charge is 0.310 e. The monoisotopic (exact) mass is 229 g/mol. The first kappa shape index (κ1) is 11.5. The molecule has 17 heavy (non-hydrogen) atoms. The molecule has 0 amide bonds. The van der Waals surface area contributed by atoms with Gasteiger partial charge in [-0.15, -0.1) is 0 Å². The minimum absolute atomic E-state index is 0.222. The minimum Gasteiger partial charge on any atom is -0.435 e. The van der Waals surface area contributed by atoms with Gasteiger partial charge in [-0.2, -0.15) is 0 Å². The number of fused-ring (bicyclic) bond motifs is 1. The quantitative estimate of drug-likeness (QED) is 0.632. The third-order valence-corrected chi connectivity index (χ3v) is 2.72. The Labute approximate surface area is 100 Å². The van der Waals surface area contributed by atoms with Gasteiger partial charge in [-0.25, -0.2) is 0 Å². The van der Waals surface area contributed by atoms with E-state index in [9.17, 15) is 4.79 Å². The Hall–Kier alpha value is -2.03. The highest BCUT2D eigenvalue weighted by atomic mass is 16.5. The van der Waals surface area contributed by atoms with E-state index in [-0.39, 0.29) is 5.97 Å². The molecule has 0 saturated heterocycles. The number of H-pyrrole nitrogens is 1. The average Bonchev–Trinajstić information content (AvgIpc) is 2.73. The molecule has 1 heterocycles. The van der Waals surface area contributed by atoms with Gasteiger partial charge in [0, 0.05) is 23.5 Å². The molecule has 0 aliphatic heterocycles. The van der Waals surface area contributed by atoms with E-state index < -0.39 is 0 Å². The van der Waals surface area contributed by atoms with Crippen LogP contribution < -0.4 is 0 Å². The average molecular weight is 229 g/mol. The van der Waals surface area contributed by atoms with Gasteiger partial charge in [0.25, 0.3) is 0 Å². The van der Waals surface area contributed by atoms with Crippen LogP contribution in [-0.2, 0) is 16.0 Å². The maximum Gasteiger partial charge on any atom is 0.310 e. The Bertz CT molecular complexity index is 528. The summed E-state index contributed by atoms with van der Waals surface area (Å²) in [5, 5.41) is 1.23. The van der Waals surface area contributed by atoms with E-state index in [0.29, 0.717) is 6.42 Å². The van der Waals surface area contributed by atoms with E-state index in [1.54, 1.807) is 0 Å². The van der Waals surface area contributed by atoms with Crippen LogP contribution in [0.2, 0.25) is 0 Å². The molecule has 3 nitrogen and oxygen atoms in total. The summed E-state index contributed by atoms with van der Waals surface area (Å²) in [6.45, 7) is 3.35. The summed E-state index contributed by atoms with van der Waals surface area (Å²) in [5.74, 6) is -0.222. The summed E-state index contributed by atoms with van der Waals surface area (Å²) in [6, 6.07) is 8.16. The van der Waals surface area contributed by atoms with Crippen molar-refractivity contribution >= 4 is 16.9 Å². The maximum absolute atomic E-state index is 11.1. The second kappa shape index (κ2) is 5.34. The zero-order valence-electron chi connectivity index (χ0n) is 9.61. The molecule has 0 spiro atoms. The van der Waals surface area contributed by atoms with Crippen LogP contribution >= 0.6 is 0 Å². The number of nitrogens with one attached hydrogen (secondary N) is 1. The van der Waals surface area contributed by atoms with Crippen LogP contribution in [0.15, 0.2) is 43.3 Å². The molecule has 1 N–H and O–H groups in total. The first-order valence-electron chi connectivity index (χ1n) is 5.66. The Morgan fingerprint density at radius 1 is 1.41 bits per heavy atom. The van der Waals surface area contributed by atoms with E-state index in [1.165, 1.54) is 17.2 Å². The molecule has 0 unspecified atom stereocenters. The fraction of sp³-hybridized carbons (Fsp3) is 0.214. The normalized spacial score (nSPS) is 10.4. The first-order chi connectivity index (χ1) is 8.31. The molecule has 0 fully saturated rings. The van der Waals surface area contributed by atoms with Gasteiger partial charge in [0.1, 0.15) is 0 Å². The number of aromatic amines is 1. The molecule has 0 aliphatic carbocycles. The third-order valence-electron chi connectivity index (χ3n) is 2.72. The topological polar surface area (TPSA) is 42.1 Å². The lowest BCUT2D eigenvalue weighted by molar-refractivity contribution is -0.138. The zero-order chi connectivity index (χ0) is 12.1. The summed E-state index contributed by atoms with van der Waals surface area (Å²) in [4.78, 5) is 14.4. The molecule has 3 heteroatoms. The number of rotatable bonds is 5. The number of aryl methyl sites for hydroxylation is 1. The van der Waals surface area contributed by atoms with Crippen molar-refractivity contribution in [2.45, 2.75) is 19.3 Å². The Kier molecular flexibility index (Phi) is 3.60. The van der Waals surface area contributed by atoms with Crippen molar-refractivity contribution in [3.05, 3.63) is 48.9 Å². The highest BCUT2D eigenvalue weighted by Crippen LogP contribution is 2.19. The van der Waals surface area contributed by atoms with Gasteiger partial charge < -0.3 is 9.72 Å². The van der Waals surface area contributed by atoms with Gasteiger partial charge in [0.15, 0.2) is 0 Å². The van der Waals surface area contributed by atoms with E-state index in [0.717, 1.165) is 18.4 Å². The number of aromatic nitrogens is 1. The molecular weight excluding hydrogens is 214 g/mol. The van der Waals surface area contributed by atoms with E-state index in [4.69, 9.17) is 0 Å². The number of carbonyl (C=O) groups is 1. The summed E-state index contributed by atoms with van der Waals surface area (Å²) < 4.78 is 4.67. The van der Waals surface area contributed by atoms with Crippen molar-refractivity contribution in [2.75, 3.05) is 0 Å². The van der Waals surface area contributed by atoms with E-state index in [1.807, 2.05) is 24.4 Å².